The maximum atomic E-state index is 14.6. The van der Waals surface area contributed by atoms with E-state index in [0.717, 1.165) is 22.3 Å². The number of halogens is 1. The van der Waals surface area contributed by atoms with Gasteiger partial charge in [-0.2, -0.15) is 15.5 Å². The molecule has 0 aliphatic rings. The van der Waals surface area contributed by atoms with Crippen LogP contribution in [0.5, 0.6) is 0 Å². The molecule has 0 aliphatic heterocycles. The van der Waals surface area contributed by atoms with Gasteiger partial charge in [-0.1, -0.05) is 12.1 Å². The summed E-state index contributed by atoms with van der Waals surface area (Å²) in [5.41, 5.74) is 11.2. The zero-order chi connectivity index (χ0) is 23.5. The normalized spacial score (nSPS) is 10.8. The molecule has 0 saturated heterocycles. The van der Waals surface area contributed by atoms with Crippen molar-refractivity contribution in [2.75, 3.05) is 11.1 Å². The molecule has 4 aromatic rings. The van der Waals surface area contributed by atoms with Crippen molar-refractivity contribution in [3.63, 3.8) is 0 Å². The van der Waals surface area contributed by atoms with E-state index in [9.17, 15) is 4.39 Å². The summed E-state index contributed by atoms with van der Waals surface area (Å²) >= 11 is 0. The van der Waals surface area contributed by atoms with Gasteiger partial charge in [-0.3, -0.25) is 0 Å². The van der Waals surface area contributed by atoms with E-state index in [1.54, 1.807) is 18.2 Å². The minimum absolute atomic E-state index is 0.126. The predicted molar refractivity (Wildman–Crippen MR) is 126 cm³/mol. The number of pyridine rings is 1. The highest BCUT2D eigenvalue weighted by atomic mass is 19.1. The van der Waals surface area contributed by atoms with Crippen LogP contribution >= 0.6 is 0 Å². The van der Waals surface area contributed by atoms with E-state index in [2.05, 4.69) is 20.3 Å². The van der Waals surface area contributed by atoms with E-state index in [4.69, 9.17) is 16.3 Å². The fourth-order valence-corrected chi connectivity index (χ4v) is 3.77. The van der Waals surface area contributed by atoms with Gasteiger partial charge in [0.15, 0.2) is 0 Å². The number of nitrogens with one attached hydrogen (secondary N) is 1. The molecule has 8 heteroatoms. The molecule has 0 atom stereocenters. The quantitative estimate of drug-likeness (QED) is 0.423. The first kappa shape index (κ1) is 21.4. The number of aryl methyl sites for hydroxylation is 2. The Hall–Kier alpha value is -4.82. The van der Waals surface area contributed by atoms with Crippen molar-refractivity contribution in [3.8, 4) is 23.3 Å². The maximum absolute atomic E-state index is 14.6. The number of anilines is 3. The minimum Gasteiger partial charge on any atom is -0.383 e. The van der Waals surface area contributed by atoms with Crippen molar-refractivity contribution in [2.45, 2.75) is 13.8 Å². The second kappa shape index (κ2) is 8.74. The Kier molecular flexibility index (Phi) is 5.67. The molecule has 4 rings (SSSR count). The molecule has 2 aromatic heterocycles. The number of aromatic nitrogens is 3. The fourth-order valence-electron chi connectivity index (χ4n) is 3.77. The standard InChI is InChI=1S/C25H18FN7/c1-14-8-16(4-3-7-27)9-15(2)22(14)19-10-18(26)11-20-23(19)32-25(33-24(20)29)31-21-6-5-17(12-28)13-30-21/h3-6,8-11,13H,1-2H3,(H3,29,30,31,32,33). The van der Waals surface area contributed by atoms with Crippen molar-refractivity contribution in [2.24, 2.45) is 0 Å². The molecule has 0 fully saturated rings. The third-order valence-corrected chi connectivity index (χ3v) is 5.10. The molecule has 0 amide bonds. The van der Waals surface area contributed by atoms with Gasteiger partial charge in [0.2, 0.25) is 5.95 Å². The van der Waals surface area contributed by atoms with Gasteiger partial charge in [-0.15, -0.1) is 0 Å². The van der Waals surface area contributed by atoms with Crippen LogP contribution in [0.1, 0.15) is 22.3 Å². The molecule has 0 saturated carbocycles. The Labute approximate surface area is 189 Å². The second-order valence-corrected chi connectivity index (χ2v) is 7.44. The Bertz CT molecular complexity index is 1470. The van der Waals surface area contributed by atoms with Gasteiger partial charge in [0, 0.05) is 23.2 Å². The molecule has 2 heterocycles. The maximum Gasteiger partial charge on any atom is 0.230 e. The number of hydrogen-bond donors (Lipinski definition) is 2. The van der Waals surface area contributed by atoms with Crippen LogP contribution in [0.15, 0.2) is 48.7 Å². The van der Waals surface area contributed by atoms with Gasteiger partial charge >= 0.3 is 0 Å². The smallest absolute Gasteiger partial charge is 0.230 e. The van der Waals surface area contributed by atoms with Crippen LogP contribution < -0.4 is 11.1 Å². The van der Waals surface area contributed by atoms with Crippen molar-refractivity contribution in [3.05, 3.63) is 76.7 Å². The Morgan fingerprint density at radius 2 is 1.82 bits per heavy atom. The van der Waals surface area contributed by atoms with Crippen molar-refractivity contribution < 1.29 is 4.39 Å². The van der Waals surface area contributed by atoms with Gasteiger partial charge in [-0.05, 0) is 66.4 Å². The number of nitrogen functional groups attached to an aromatic ring is 1. The summed E-state index contributed by atoms with van der Waals surface area (Å²) in [7, 11) is 0. The number of hydrogen-bond acceptors (Lipinski definition) is 7. The number of benzene rings is 2. The molecule has 0 aliphatic carbocycles. The summed E-state index contributed by atoms with van der Waals surface area (Å²) in [5.74, 6) is 0.321. The zero-order valence-electron chi connectivity index (χ0n) is 17.9. The average molecular weight is 435 g/mol. The number of nitrogens with zero attached hydrogens (tertiary/aromatic N) is 5. The highest BCUT2D eigenvalue weighted by molar-refractivity contribution is 6.00. The highest BCUT2D eigenvalue weighted by Gasteiger charge is 2.17. The van der Waals surface area contributed by atoms with Crippen LogP contribution in [-0.4, -0.2) is 15.0 Å². The highest BCUT2D eigenvalue weighted by Crippen LogP contribution is 2.36. The zero-order valence-corrected chi connectivity index (χ0v) is 17.9. The lowest BCUT2D eigenvalue weighted by Crippen LogP contribution is -2.04. The van der Waals surface area contributed by atoms with Crippen molar-refractivity contribution >= 4 is 34.6 Å². The summed E-state index contributed by atoms with van der Waals surface area (Å²) in [6.07, 6.45) is 4.57. The third kappa shape index (κ3) is 4.32. The summed E-state index contributed by atoms with van der Waals surface area (Å²) in [5, 5.41) is 21.1. The second-order valence-electron chi connectivity index (χ2n) is 7.44. The average Bonchev–Trinajstić information content (AvgIpc) is 2.78. The molecule has 0 spiro atoms. The molecule has 7 nitrogen and oxygen atoms in total. The fraction of sp³-hybridized carbons (Fsp3) is 0.0800. The molecular weight excluding hydrogens is 417 g/mol. The van der Waals surface area contributed by atoms with Crippen molar-refractivity contribution in [1.29, 1.82) is 10.5 Å². The van der Waals surface area contributed by atoms with Gasteiger partial charge in [0.1, 0.15) is 23.5 Å². The number of rotatable bonds is 4. The van der Waals surface area contributed by atoms with Gasteiger partial charge < -0.3 is 11.1 Å². The molecule has 3 N–H and O–H groups in total. The first-order chi connectivity index (χ1) is 15.9. The monoisotopic (exact) mass is 435 g/mol. The van der Waals surface area contributed by atoms with E-state index >= 15 is 0 Å². The van der Waals surface area contributed by atoms with E-state index in [1.807, 2.05) is 38.1 Å². The van der Waals surface area contributed by atoms with Crippen LogP contribution in [-0.2, 0) is 0 Å². The Morgan fingerprint density at radius 1 is 1.06 bits per heavy atom. The lowest BCUT2D eigenvalue weighted by molar-refractivity contribution is 0.630. The molecule has 0 unspecified atom stereocenters. The predicted octanol–water partition coefficient (Wildman–Crippen LogP) is 5.18. The van der Waals surface area contributed by atoms with E-state index in [-0.39, 0.29) is 11.8 Å². The number of nitrogens with two attached hydrogens (primary N) is 1. The molecule has 33 heavy (non-hydrogen) atoms. The minimum atomic E-state index is -0.450. The van der Waals surface area contributed by atoms with Crippen LogP contribution in [0.3, 0.4) is 0 Å². The van der Waals surface area contributed by atoms with Gasteiger partial charge in [-0.25, -0.2) is 14.4 Å². The van der Waals surface area contributed by atoms with Crippen LogP contribution in [0.25, 0.3) is 28.1 Å². The molecular formula is C25H18FN7. The lowest BCUT2D eigenvalue weighted by Gasteiger charge is -2.15. The largest absolute Gasteiger partial charge is 0.383 e. The Morgan fingerprint density at radius 3 is 2.45 bits per heavy atom. The summed E-state index contributed by atoms with van der Waals surface area (Å²) in [4.78, 5) is 13.0. The molecule has 0 bridgehead atoms. The van der Waals surface area contributed by atoms with Gasteiger partial charge in [0.05, 0.1) is 17.1 Å². The van der Waals surface area contributed by atoms with E-state index in [0.29, 0.717) is 27.8 Å². The van der Waals surface area contributed by atoms with E-state index < -0.39 is 5.82 Å². The first-order valence-corrected chi connectivity index (χ1v) is 9.97. The van der Waals surface area contributed by atoms with Crippen molar-refractivity contribution in [1.82, 2.24) is 15.0 Å². The van der Waals surface area contributed by atoms with E-state index in [1.165, 1.54) is 24.4 Å². The number of allylic oxidation sites excluding steroid dienone is 1. The topological polar surface area (TPSA) is 124 Å². The summed E-state index contributed by atoms with van der Waals surface area (Å²) in [6.45, 7) is 3.85. The van der Waals surface area contributed by atoms with Crippen LogP contribution in [0.4, 0.5) is 22.0 Å². The molecule has 0 radical (unpaired) electrons. The summed E-state index contributed by atoms with van der Waals surface area (Å²) in [6, 6.07) is 13.8. The SMILES string of the molecule is Cc1cc(C=CC#N)cc(C)c1-c1cc(F)cc2c(N)nc(Nc3ccc(C#N)cn3)nc12. The lowest BCUT2D eigenvalue weighted by atomic mass is 9.92. The Balaban J connectivity index is 1.88. The first-order valence-electron chi connectivity index (χ1n) is 9.97. The van der Waals surface area contributed by atoms with Crippen LogP contribution in [0.2, 0.25) is 0 Å². The molecule has 160 valence electrons. The third-order valence-electron chi connectivity index (χ3n) is 5.10. The number of nitriles is 2. The number of fused-ring (bicyclic) bond motifs is 1. The van der Waals surface area contributed by atoms with Crippen LogP contribution in [0, 0.1) is 42.3 Å². The molecule has 2 aromatic carbocycles. The summed E-state index contributed by atoms with van der Waals surface area (Å²) < 4.78 is 14.6. The van der Waals surface area contributed by atoms with Gasteiger partial charge in [0.25, 0.3) is 0 Å².